The van der Waals surface area contributed by atoms with Crippen molar-refractivity contribution in [3.63, 3.8) is 0 Å². The van der Waals surface area contributed by atoms with Crippen molar-refractivity contribution in [2.45, 2.75) is 13.0 Å². The van der Waals surface area contributed by atoms with Crippen LogP contribution in [0.25, 0.3) is 17.3 Å². The van der Waals surface area contributed by atoms with Gasteiger partial charge in [0.1, 0.15) is 11.6 Å². The standard InChI is InChI=1S/C18H18N4O5/c1-26-14-4-3-11(8-15(14)27-2)17-13(7-12(9-19)18(20)25)10-22(21-17)6-5-16(23)24/h3-4,7-8,10H,5-6H2,1-2H3,(H2,20,25)(H,23,24)/p-1/b12-7-. The van der Waals surface area contributed by atoms with Crippen molar-refractivity contribution in [3.8, 4) is 28.8 Å². The van der Waals surface area contributed by atoms with Gasteiger partial charge in [-0.25, -0.2) is 0 Å². The number of nitrogens with two attached hydrogens (primary N) is 1. The molecular weight excluding hydrogens is 352 g/mol. The SMILES string of the molecule is COc1ccc(-c2nn(CCC(=O)[O-])cc2/C=C(/C#N)C(N)=O)cc1OC. The summed E-state index contributed by atoms with van der Waals surface area (Å²) in [6.45, 7) is 0.0644. The summed E-state index contributed by atoms with van der Waals surface area (Å²) < 4.78 is 11.9. The van der Waals surface area contributed by atoms with E-state index < -0.39 is 11.9 Å². The monoisotopic (exact) mass is 369 g/mol. The number of aliphatic carboxylic acids is 1. The van der Waals surface area contributed by atoms with Crippen LogP contribution in [0.5, 0.6) is 11.5 Å². The van der Waals surface area contributed by atoms with Crippen LogP contribution in [0, 0.1) is 11.3 Å². The summed E-state index contributed by atoms with van der Waals surface area (Å²) in [5, 5.41) is 24.1. The fourth-order valence-corrected chi connectivity index (χ4v) is 2.38. The number of hydrogen-bond donors (Lipinski definition) is 1. The molecule has 1 amide bonds. The number of aryl methyl sites for hydroxylation is 1. The van der Waals surface area contributed by atoms with Crippen LogP contribution in [0.3, 0.4) is 0 Å². The fourth-order valence-electron chi connectivity index (χ4n) is 2.38. The smallest absolute Gasteiger partial charge is 0.259 e. The summed E-state index contributed by atoms with van der Waals surface area (Å²) >= 11 is 0. The number of carbonyl (C=O) groups is 2. The minimum Gasteiger partial charge on any atom is -0.550 e. The second-order valence-electron chi connectivity index (χ2n) is 5.42. The quantitative estimate of drug-likeness (QED) is 0.513. The van der Waals surface area contributed by atoms with Crippen molar-refractivity contribution in [1.82, 2.24) is 9.78 Å². The van der Waals surface area contributed by atoms with Gasteiger partial charge in [-0.15, -0.1) is 0 Å². The highest BCUT2D eigenvalue weighted by atomic mass is 16.5. The molecule has 1 heterocycles. The molecule has 2 N–H and O–H groups in total. The van der Waals surface area contributed by atoms with Gasteiger partial charge in [0.15, 0.2) is 11.5 Å². The number of ether oxygens (including phenoxy) is 2. The van der Waals surface area contributed by atoms with Crippen LogP contribution in [0.1, 0.15) is 12.0 Å². The minimum absolute atomic E-state index is 0.0644. The van der Waals surface area contributed by atoms with Gasteiger partial charge in [-0.05, 0) is 24.3 Å². The van der Waals surface area contributed by atoms with Gasteiger partial charge in [-0.1, -0.05) is 0 Å². The van der Waals surface area contributed by atoms with Crippen molar-refractivity contribution in [3.05, 3.63) is 35.5 Å². The maximum Gasteiger partial charge on any atom is 0.259 e. The minimum atomic E-state index is -1.22. The lowest BCUT2D eigenvalue weighted by atomic mass is 10.1. The first-order valence-electron chi connectivity index (χ1n) is 7.81. The van der Waals surface area contributed by atoms with Crippen LogP contribution >= 0.6 is 0 Å². The zero-order chi connectivity index (χ0) is 20.0. The molecule has 2 rings (SSSR count). The van der Waals surface area contributed by atoms with Gasteiger partial charge in [-0.2, -0.15) is 10.4 Å². The number of carboxylic acids is 1. The number of methoxy groups -OCH3 is 2. The molecule has 0 atom stereocenters. The molecule has 0 aliphatic carbocycles. The van der Waals surface area contributed by atoms with Crippen LogP contribution in [0.4, 0.5) is 0 Å². The summed E-state index contributed by atoms with van der Waals surface area (Å²) in [5.41, 5.74) is 6.40. The van der Waals surface area contributed by atoms with Crippen molar-refractivity contribution in [1.29, 1.82) is 5.26 Å². The van der Waals surface area contributed by atoms with E-state index in [2.05, 4.69) is 5.10 Å². The van der Waals surface area contributed by atoms with Crippen LogP contribution in [-0.4, -0.2) is 35.9 Å². The molecule has 0 spiro atoms. The Bertz CT molecular complexity index is 940. The Balaban J connectivity index is 2.57. The van der Waals surface area contributed by atoms with E-state index in [1.165, 1.54) is 31.2 Å². The number of nitrogens with zero attached hydrogens (tertiary/aromatic N) is 3. The van der Waals surface area contributed by atoms with E-state index in [1.807, 2.05) is 0 Å². The molecule has 1 aromatic heterocycles. The second-order valence-corrected chi connectivity index (χ2v) is 5.42. The molecule has 0 fully saturated rings. The average Bonchev–Trinajstić information content (AvgIpc) is 3.06. The largest absolute Gasteiger partial charge is 0.550 e. The molecule has 0 saturated heterocycles. The summed E-state index contributed by atoms with van der Waals surface area (Å²) in [5.74, 6) is -1.11. The highest BCUT2D eigenvalue weighted by molar-refractivity contribution is 6.01. The average molecular weight is 369 g/mol. The van der Waals surface area contributed by atoms with Crippen LogP contribution in [0.2, 0.25) is 0 Å². The number of carbonyl (C=O) groups excluding carboxylic acids is 2. The van der Waals surface area contributed by atoms with Crippen molar-refractivity contribution < 1.29 is 24.2 Å². The Labute approximate surface area is 155 Å². The Kier molecular flexibility index (Phi) is 6.17. The van der Waals surface area contributed by atoms with Gasteiger partial charge in [0.2, 0.25) is 0 Å². The van der Waals surface area contributed by atoms with E-state index in [-0.39, 0.29) is 18.5 Å². The predicted octanol–water partition coefficient (Wildman–Crippen LogP) is 0.0996. The molecule has 0 saturated carbocycles. The van der Waals surface area contributed by atoms with Gasteiger partial charge in [0.25, 0.3) is 5.91 Å². The third-order valence-corrected chi connectivity index (χ3v) is 3.68. The number of amides is 1. The molecule has 0 aliphatic heterocycles. The Hall–Kier alpha value is -3.80. The van der Waals surface area contributed by atoms with E-state index in [4.69, 9.17) is 20.5 Å². The van der Waals surface area contributed by atoms with Crippen LogP contribution in [-0.2, 0) is 16.1 Å². The first kappa shape index (κ1) is 19.5. The van der Waals surface area contributed by atoms with Crippen molar-refractivity contribution >= 4 is 18.0 Å². The van der Waals surface area contributed by atoms with Gasteiger partial charge < -0.3 is 25.1 Å². The van der Waals surface area contributed by atoms with E-state index in [9.17, 15) is 14.7 Å². The molecule has 9 nitrogen and oxygen atoms in total. The number of rotatable bonds is 8. The zero-order valence-electron chi connectivity index (χ0n) is 14.8. The van der Waals surface area contributed by atoms with Gasteiger partial charge in [0, 0.05) is 36.3 Å². The molecule has 2 aromatic rings. The summed E-state index contributed by atoms with van der Waals surface area (Å²) in [7, 11) is 2.99. The third kappa shape index (κ3) is 4.64. The summed E-state index contributed by atoms with van der Waals surface area (Å²) in [4.78, 5) is 22.1. The normalized spacial score (nSPS) is 10.9. The van der Waals surface area contributed by atoms with Crippen LogP contribution in [0.15, 0.2) is 30.0 Å². The highest BCUT2D eigenvalue weighted by Crippen LogP contribution is 2.33. The summed E-state index contributed by atoms with van der Waals surface area (Å²) in [6, 6.07) is 6.81. The molecule has 0 unspecified atom stereocenters. The van der Waals surface area contributed by atoms with Crippen molar-refractivity contribution in [2.75, 3.05) is 14.2 Å². The maximum absolute atomic E-state index is 11.4. The first-order chi connectivity index (χ1) is 12.9. The van der Waals surface area contributed by atoms with E-state index in [0.29, 0.717) is 28.3 Å². The van der Waals surface area contributed by atoms with Gasteiger partial charge in [-0.3, -0.25) is 9.48 Å². The van der Waals surface area contributed by atoms with E-state index in [0.717, 1.165) is 0 Å². The Morgan fingerprint density at radius 1 is 1.33 bits per heavy atom. The number of aromatic nitrogens is 2. The number of benzene rings is 1. The van der Waals surface area contributed by atoms with Gasteiger partial charge in [0.05, 0.1) is 19.9 Å². The van der Waals surface area contributed by atoms with Gasteiger partial charge >= 0.3 is 0 Å². The fraction of sp³-hybridized carbons (Fsp3) is 0.222. The molecule has 9 heteroatoms. The Morgan fingerprint density at radius 3 is 2.59 bits per heavy atom. The van der Waals surface area contributed by atoms with Crippen LogP contribution < -0.4 is 20.3 Å². The lowest BCUT2D eigenvalue weighted by molar-refractivity contribution is -0.306. The van der Waals surface area contributed by atoms with E-state index >= 15 is 0 Å². The number of hydrogen-bond acceptors (Lipinski definition) is 7. The zero-order valence-corrected chi connectivity index (χ0v) is 14.8. The van der Waals surface area contributed by atoms with E-state index in [1.54, 1.807) is 24.3 Å². The molecule has 0 radical (unpaired) electrons. The molecule has 0 bridgehead atoms. The topological polar surface area (TPSA) is 143 Å². The Morgan fingerprint density at radius 2 is 2.04 bits per heavy atom. The maximum atomic E-state index is 11.4. The second kappa shape index (κ2) is 8.53. The highest BCUT2D eigenvalue weighted by Gasteiger charge is 2.15. The lowest BCUT2D eigenvalue weighted by Gasteiger charge is -2.09. The summed E-state index contributed by atoms with van der Waals surface area (Å²) in [6.07, 6.45) is 2.59. The molecule has 1 aromatic carbocycles. The molecule has 140 valence electrons. The molecule has 27 heavy (non-hydrogen) atoms. The number of carboxylic acid groups (broad SMARTS) is 1. The molecule has 0 aliphatic rings. The molecular formula is C18H17N4O5-. The number of primary amides is 1. The predicted molar refractivity (Wildman–Crippen MR) is 93.2 cm³/mol. The third-order valence-electron chi connectivity index (χ3n) is 3.68. The first-order valence-corrected chi connectivity index (χ1v) is 7.81. The lowest BCUT2D eigenvalue weighted by Crippen LogP contribution is -2.23. The number of nitriles is 1. The van der Waals surface area contributed by atoms with Crippen molar-refractivity contribution in [2.24, 2.45) is 5.73 Å².